The molecule has 0 spiro atoms. The van der Waals surface area contributed by atoms with E-state index in [0.29, 0.717) is 0 Å². The number of piperidine rings is 1. The van der Waals surface area contributed by atoms with E-state index in [9.17, 15) is 9.59 Å². The Labute approximate surface area is 190 Å². The fraction of sp³-hybridized carbons (Fsp3) is 0.481. The fourth-order valence-corrected chi connectivity index (χ4v) is 5.81. The van der Waals surface area contributed by atoms with Crippen LogP contribution in [0.2, 0.25) is 0 Å². The van der Waals surface area contributed by atoms with Crippen LogP contribution in [-0.4, -0.2) is 46.4 Å². The Morgan fingerprint density at radius 3 is 2.12 bits per heavy atom. The molecule has 2 saturated heterocycles. The van der Waals surface area contributed by atoms with Crippen LogP contribution < -0.4 is 5.32 Å². The molecular formula is C27H33N3O2. The molecule has 0 bridgehead atoms. The minimum absolute atomic E-state index is 0.0334. The van der Waals surface area contributed by atoms with Crippen LogP contribution in [0, 0.1) is 5.92 Å². The van der Waals surface area contributed by atoms with Gasteiger partial charge in [0.2, 0.25) is 0 Å². The lowest BCUT2D eigenvalue weighted by atomic mass is 9.78. The first-order valence-corrected chi connectivity index (χ1v) is 12.0. The third-order valence-electron chi connectivity index (χ3n) is 7.88. The highest BCUT2D eigenvalue weighted by Crippen LogP contribution is 2.36. The maximum atomic E-state index is 13.5. The Morgan fingerprint density at radius 1 is 0.938 bits per heavy atom. The lowest BCUT2D eigenvalue weighted by Crippen LogP contribution is -2.54. The molecule has 1 aliphatic carbocycles. The number of urea groups is 1. The predicted molar refractivity (Wildman–Crippen MR) is 125 cm³/mol. The molecule has 2 heterocycles. The first-order valence-electron chi connectivity index (χ1n) is 12.0. The van der Waals surface area contributed by atoms with Crippen molar-refractivity contribution in [2.75, 3.05) is 13.1 Å². The molecule has 3 amide bonds. The zero-order valence-corrected chi connectivity index (χ0v) is 19.1. The molecule has 1 atom stereocenters. The SMILES string of the molecule is CCc1ccc(CN2CCC(C3(C)NC(=O)N(C4Cc5ccccc5C4)C3=O)CC2)cc1. The van der Waals surface area contributed by atoms with Gasteiger partial charge in [0, 0.05) is 12.6 Å². The molecular weight excluding hydrogens is 398 g/mol. The molecule has 1 N–H and O–H groups in total. The topological polar surface area (TPSA) is 52.7 Å². The number of rotatable bonds is 5. The fourth-order valence-electron chi connectivity index (χ4n) is 5.81. The molecule has 2 aromatic carbocycles. The molecule has 5 nitrogen and oxygen atoms in total. The van der Waals surface area contributed by atoms with E-state index >= 15 is 0 Å². The third kappa shape index (κ3) is 3.73. The number of nitrogens with zero attached hydrogens (tertiary/aromatic N) is 2. The van der Waals surface area contributed by atoms with Crippen molar-refractivity contribution in [1.29, 1.82) is 0 Å². The van der Waals surface area contributed by atoms with Crippen molar-refractivity contribution in [1.82, 2.24) is 15.1 Å². The number of carbonyl (C=O) groups excluding carboxylic acids is 2. The summed E-state index contributed by atoms with van der Waals surface area (Å²) >= 11 is 0. The summed E-state index contributed by atoms with van der Waals surface area (Å²) in [5, 5.41) is 3.10. The maximum absolute atomic E-state index is 13.5. The summed E-state index contributed by atoms with van der Waals surface area (Å²) in [7, 11) is 0. The van der Waals surface area contributed by atoms with Gasteiger partial charge in [0.1, 0.15) is 5.54 Å². The average Bonchev–Trinajstić information content (AvgIpc) is 3.33. The van der Waals surface area contributed by atoms with Gasteiger partial charge in [-0.1, -0.05) is 55.5 Å². The van der Waals surface area contributed by atoms with Crippen LogP contribution in [0.15, 0.2) is 48.5 Å². The zero-order chi connectivity index (χ0) is 22.3. The predicted octanol–water partition coefficient (Wildman–Crippen LogP) is 3.94. The molecule has 5 rings (SSSR count). The van der Waals surface area contributed by atoms with Crippen LogP contribution >= 0.6 is 0 Å². The highest BCUT2D eigenvalue weighted by atomic mass is 16.2. The first kappa shape index (κ1) is 21.2. The summed E-state index contributed by atoms with van der Waals surface area (Å²) in [4.78, 5) is 30.5. The number of likely N-dealkylation sites (tertiary alicyclic amines) is 1. The smallest absolute Gasteiger partial charge is 0.323 e. The van der Waals surface area contributed by atoms with E-state index in [1.165, 1.54) is 27.2 Å². The van der Waals surface area contributed by atoms with Gasteiger partial charge < -0.3 is 5.32 Å². The van der Waals surface area contributed by atoms with Crippen molar-refractivity contribution in [3.05, 3.63) is 70.8 Å². The van der Waals surface area contributed by atoms with E-state index < -0.39 is 5.54 Å². The van der Waals surface area contributed by atoms with Crippen LogP contribution in [0.25, 0.3) is 0 Å². The van der Waals surface area contributed by atoms with E-state index in [-0.39, 0.29) is 23.9 Å². The van der Waals surface area contributed by atoms with Gasteiger partial charge >= 0.3 is 6.03 Å². The van der Waals surface area contributed by atoms with Crippen LogP contribution in [0.1, 0.15) is 48.9 Å². The molecule has 2 aliphatic heterocycles. The van der Waals surface area contributed by atoms with E-state index in [2.05, 4.69) is 53.5 Å². The summed E-state index contributed by atoms with van der Waals surface area (Å²) in [6, 6.07) is 16.9. The minimum atomic E-state index is -0.791. The molecule has 168 valence electrons. The van der Waals surface area contributed by atoms with Gasteiger partial charge in [0.05, 0.1) is 0 Å². The molecule has 0 radical (unpaired) electrons. The maximum Gasteiger partial charge on any atom is 0.325 e. The quantitative estimate of drug-likeness (QED) is 0.730. The lowest BCUT2D eigenvalue weighted by Gasteiger charge is -2.39. The molecule has 1 unspecified atom stereocenters. The highest BCUT2D eigenvalue weighted by Gasteiger charge is 2.54. The summed E-state index contributed by atoms with van der Waals surface area (Å²) in [5.41, 5.74) is 4.43. The second kappa shape index (κ2) is 8.36. The summed E-state index contributed by atoms with van der Waals surface area (Å²) in [6.07, 6.45) is 4.44. The van der Waals surface area contributed by atoms with Crippen molar-refractivity contribution < 1.29 is 9.59 Å². The summed E-state index contributed by atoms with van der Waals surface area (Å²) in [6.45, 7) is 6.97. The van der Waals surface area contributed by atoms with Crippen LogP contribution in [0.5, 0.6) is 0 Å². The number of fused-ring (bicyclic) bond motifs is 1. The molecule has 3 aliphatic rings. The van der Waals surface area contributed by atoms with Gasteiger partial charge in [-0.3, -0.25) is 14.6 Å². The molecule has 2 aromatic rings. The number of hydrogen-bond acceptors (Lipinski definition) is 3. The van der Waals surface area contributed by atoms with Gasteiger partial charge in [0.25, 0.3) is 5.91 Å². The number of imide groups is 1. The summed E-state index contributed by atoms with van der Waals surface area (Å²) in [5.74, 6) is 0.139. The Kier molecular flexibility index (Phi) is 5.54. The second-order valence-electron chi connectivity index (χ2n) is 9.86. The number of aryl methyl sites for hydroxylation is 1. The standard InChI is InChI=1S/C27H33N3O2/c1-3-19-8-10-20(11-9-19)18-29-14-12-23(13-15-29)27(2)25(31)30(26(32)28-27)24-16-21-6-4-5-7-22(21)17-24/h4-11,23-24H,3,12-18H2,1-2H3,(H,28,32). The molecule has 0 aromatic heterocycles. The number of hydrogen-bond donors (Lipinski definition) is 1. The van der Waals surface area contributed by atoms with E-state index in [1.54, 1.807) is 0 Å². The Hall–Kier alpha value is -2.66. The third-order valence-corrected chi connectivity index (χ3v) is 7.88. The molecule has 2 fully saturated rings. The van der Waals surface area contributed by atoms with Crippen molar-refractivity contribution in [3.8, 4) is 0 Å². The second-order valence-corrected chi connectivity index (χ2v) is 9.86. The number of nitrogens with one attached hydrogen (secondary N) is 1. The van der Waals surface area contributed by atoms with Gasteiger partial charge in [-0.25, -0.2) is 4.79 Å². The molecule has 5 heteroatoms. The van der Waals surface area contributed by atoms with Crippen molar-refractivity contribution in [2.45, 2.75) is 64.1 Å². The first-order chi connectivity index (χ1) is 15.5. The highest BCUT2D eigenvalue weighted by molar-refractivity contribution is 6.07. The van der Waals surface area contributed by atoms with Crippen molar-refractivity contribution in [3.63, 3.8) is 0 Å². The minimum Gasteiger partial charge on any atom is -0.323 e. The van der Waals surface area contributed by atoms with E-state index in [4.69, 9.17) is 0 Å². The van der Waals surface area contributed by atoms with Gasteiger partial charge in [-0.2, -0.15) is 0 Å². The van der Waals surface area contributed by atoms with Crippen molar-refractivity contribution in [2.24, 2.45) is 5.92 Å². The number of benzene rings is 2. The Balaban J connectivity index is 1.22. The molecule has 32 heavy (non-hydrogen) atoms. The monoisotopic (exact) mass is 431 g/mol. The zero-order valence-electron chi connectivity index (χ0n) is 19.1. The molecule has 0 saturated carbocycles. The number of amides is 3. The average molecular weight is 432 g/mol. The summed E-state index contributed by atoms with van der Waals surface area (Å²) < 4.78 is 0. The normalized spacial score (nSPS) is 24.8. The van der Waals surface area contributed by atoms with E-state index in [1.807, 2.05) is 19.1 Å². The Morgan fingerprint density at radius 2 is 1.53 bits per heavy atom. The van der Waals surface area contributed by atoms with E-state index in [0.717, 1.165) is 51.7 Å². The largest absolute Gasteiger partial charge is 0.325 e. The van der Waals surface area contributed by atoms with Gasteiger partial charge in [0.15, 0.2) is 0 Å². The Bertz CT molecular complexity index is 985. The van der Waals surface area contributed by atoms with Crippen LogP contribution in [0.3, 0.4) is 0 Å². The van der Waals surface area contributed by atoms with Crippen molar-refractivity contribution >= 4 is 11.9 Å². The number of carbonyl (C=O) groups is 2. The van der Waals surface area contributed by atoms with Crippen LogP contribution in [-0.2, 0) is 30.6 Å². The van der Waals surface area contributed by atoms with Gasteiger partial charge in [-0.15, -0.1) is 0 Å². The van der Waals surface area contributed by atoms with Crippen LogP contribution in [0.4, 0.5) is 4.79 Å². The lowest BCUT2D eigenvalue weighted by molar-refractivity contribution is -0.134. The van der Waals surface area contributed by atoms with Gasteiger partial charge in [-0.05, 0) is 80.3 Å².